The van der Waals surface area contributed by atoms with Gasteiger partial charge in [-0.15, -0.1) is 11.3 Å². The average Bonchev–Trinajstić information content (AvgIpc) is 1.55. The van der Waals surface area contributed by atoms with Gasteiger partial charge in [-0.25, -0.2) is 17.8 Å². The van der Waals surface area contributed by atoms with E-state index < -0.39 is 10.0 Å². The van der Waals surface area contributed by atoms with Crippen LogP contribution < -0.4 is 24.4 Å². The summed E-state index contributed by atoms with van der Waals surface area (Å²) in [7, 11) is -3.51. The molecule has 0 bridgehead atoms. The number of morpholine rings is 1. The number of anilines is 1. The van der Waals surface area contributed by atoms with Gasteiger partial charge in [0.05, 0.1) is 50.8 Å². The number of thiophene rings is 1. The van der Waals surface area contributed by atoms with E-state index in [4.69, 9.17) is 49.9 Å². The summed E-state index contributed by atoms with van der Waals surface area (Å²) in [6.07, 6.45) is 16.7. The molecule has 12 aromatic rings. The van der Waals surface area contributed by atoms with E-state index in [1.54, 1.807) is 29.5 Å². The summed E-state index contributed by atoms with van der Waals surface area (Å²) in [4.78, 5) is 1.49. The number of halogens is 2. The minimum atomic E-state index is -3.51. The Bertz CT molecular complexity index is 5490. The van der Waals surface area contributed by atoms with Gasteiger partial charge < -0.3 is 28.1 Å². The molecular formula is C97H105BrClN7O8S2. The van der Waals surface area contributed by atoms with Crippen LogP contribution in [0, 0.1) is 13.8 Å². The van der Waals surface area contributed by atoms with Gasteiger partial charge in [0.25, 0.3) is 0 Å². The van der Waals surface area contributed by atoms with Crippen molar-refractivity contribution in [3.8, 4) is 67.5 Å². The van der Waals surface area contributed by atoms with Gasteiger partial charge in [0.15, 0.2) is 23.0 Å². The molecule has 0 radical (unpaired) electrons. The summed E-state index contributed by atoms with van der Waals surface area (Å²) in [5.41, 5.74) is 26.5. The molecule has 0 unspecified atom stereocenters. The lowest BCUT2D eigenvalue weighted by molar-refractivity contribution is 0.0730. The number of hydrogen-bond acceptors (Lipinski definition) is 13. The van der Waals surface area contributed by atoms with Crippen LogP contribution in [0.25, 0.3) is 81.0 Å². The van der Waals surface area contributed by atoms with Crippen molar-refractivity contribution in [2.24, 2.45) is 5.10 Å². The Morgan fingerprint density at radius 1 is 0.483 bits per heavy atom. The molecule has 3 aliphatic heterocycles. The van der Waals surface area contributed by atoms with Crippen molar-refractivity contribution < 1.29 is 36.5 Å². The van der Waals surface area contributed by atoms with Crippen LogP contribution in [0.4, 0.5) is 5.69 Å². The fourth-order valence-corrected chi connectivity index (χ4v) is 14.3. The lowest BCUT2D eigenvalue weighted by Gasteiger charge is -2.26. The fourth-order valence-electron chi connectivity index (χ4n) is 11.6. The lowest BCUT2D eigenvalue weighted by Crippen LogP contribution is -2.40. The van der Waals surface area contributed by atoms with Gasteiger partial charge in [-0.2, -0.15) is 19.6 Å². The quantitative estimate of drug-likeness (QED) is 0.0770. The molecule has 1 N–H and O–H groups in total. The molecule has 15 rings (SSSR count). The number of hydrazone groups is 1. The molecule has 8 aromatic carbocycles. The third-order valence-electron chi connectivity index (χ3n) is 16.8. The van der Waals surface area contributed by atoms with E-state index in [9.17, 15) is 8.42 Å². The summed E-state index contributed by atoms with van der Waals surface area (Å²) in [6.45, 7) is 35.2. The van der Waals surface area contributed by atoms with Gasteiger partial charge in [0, 0.05) is 64.0 Å². The summed E-state index contributed by atoms with van der Waals surface area (Å²) >= 11 is 11.2. The molecule has 0 atom stereocenters. The third-order valence-corrected chi connectivity index (χ3v) is 20.5. The number of benzene rings is 8. The van der Waals surface area contributed by atoms with Crippen molar-refractivity contribution in [1.82, 2.24) is 23.9 Å². The first kappa shape index (κ1) is 88.9. The number of aryl methyl sites for hydroxylation is 2. The molecule has 1 fully saturated rings. The number of furan rings is 1. The molecule has 3 aliphatic rings. The summed E-state index contributed by atoms with van der Waals surface area (Å²) in [6, 6.07) is 69.7. The first-order valence-corrected chi connectivity index (χ1v) is 41.8. The van der Waals surface area contributed by atoms with Gasteiger partial charge in [0.1, 0.15) is 17.2 Å². The Morgan fingerprint density at radius 3 is 1.56 bits per heavy atom. The van der Waals surface area contributed by atoms with Gasteiger partial charge in [-0.3, -0.25) is 5.43 Å². The summed E-state index contributed by atoms with van der Waals surface area (Å²) < 4.78 is 64.1. The number of aromatic nitrogens is 4. The molecule has 1 saturated heterocycles. The first-order valence-electron chi connectivity index (χ1n) is 38.3. The van der Waals surface area contributed by atoms with E-state index in [1.165, 1.54) is 53.7 Å². The van der Waals surface area contributed by atoms with Crippen LogP contribution in [0.5, 0.6) is 23.0 Å². The van der Waals surface area contributed by atoms with Crippen LogP contribution in [-0.2, 0) is 14.8 Å². The van der Waals surface area contributed by atoms with E-state index in [0.717, 1.165) is 112 Å². The largest absolute Gasteiger partial charge is 0.457 e. The molecule has 0 amide bonds. The number of sulfonamides is 1. The van der Waals surface area contributed by atoms with Crippen LogP contribution >= 0.6 is 38.9 Å². The number of rotatable bonds is 15. The number of ether oxygens (including phenoxy) is 5. The molecule has 0 spiro atoms. The zero-order valence-corrected chi connectivity index (χ0v) is 73.1. The fraction of sp³-hybridized carbons (Fsp3) is 0.227. The smallest absolute Gasteiger partial charge is 0.243 e. The standard InChI is InChI=1S/C23H25N3O3S.C17H16N2S.C15H16O.C11H11ClO2.C11H12O2.C11H14.C9H11BrN2/c1-18(2)16-20-17-26(21-6-4-3-5-7-21)24-23(20)19-8-10-22(11-9-19)30(27,28)25-12-14-29-15-13-25;1-13(2)11-14-12-19(15-7-4-3-5-8-15)18-17(14)16-9-6-10-20-16;1-11(2)9-14-7-8-15(16-14)13-6-4-5-12(3)10-13;1-7(2)3-8-4-10-11(5-9(8)12)14-6-13-10;1-8(2)5-9-3-4-10-11(6-9)13-7-12-10;1-9(2)8-11-6-4-10(3)5-7-11;1-7(2)11-12-9-5-3-8(10)4-6-9/h3-11,16-17H,12-15H2,1-2H3;3-12H,1-2H3;4-10H,1-3H3;3-5H,6H2,1-2H3;3-6H,7H2,1-2H3;4-8H,1-3H3;3-6,12H,1-2H3. The normalized spacial score (nSPS) is 11.9. The zero-order chi connectivity index (χ0) is 83.3. The molecule has 116 heavy (non-hydrogen) atoms. The molecule has 0 saturated carbocycles. The number of allylic oxidation sites excluding steroid dienone is 6. The third kappa shape index (κ3) is 28.1. The molecule has 0 aliphatic carbocycles. The van der Waals surface area contributed by atoms with E-state index in [-0.39, 0.29) is 6.79 Å². The average molecular weight is 1680 g/mol. The molecule has 15 nitrogen and oxygen atoms in total. The van der Waals surface area contributed by atoms with Gasteiger partial charge in [0.2, 0.25) is 23.6 Å². The molecule has 602 valence electrons. The molecule has 7 heterocycles. The number of hydrogen-bond donors (Lipinski definition) is 1. The van der Waals surface area contributed by atoms with Crippen molar-refractivity contribution in [2.45, 2.75) is 116 Å². The lowest BCUT2D eigenvalue weighted by atomic mass is 10.1. The van der Waals surface area contributed by atoms with Crippen LogP contribution in [0.1, 0.15) is 142 Å². The molecule has 19 heteroatoms. The monoisotopic (exact) mass is 1670 g/mol. The highest BCUT2D eigenvalue weighted by Crippen LogP contribution is 2.39. The van der Waals surface area contributed by atoms with Gasteiger partial charge in [-0.05, 0) is 242 Å². The Morgan fingerprint density at radius 2 is 1.01 bits per heavy atom. The Labute approximate surface area is 703 Å². The van der Waals surface area contributed by atoms with E-state index in [0.29, 0.717) is 43.0 Å². The molecular weight excluding hydrogens is 1570 g/mol. The van der Waals surface area contributed by atoms with Crippen molar-refractivity contribution in [3.05, 3.63) is 318 Å². The SMILES string of the molecule is CC(C)=Cc1cc2c(cc1Cl)OCO2.CC(C)=Cc1ccc(-c2cccc(C)c2)o1.CC(C)=Cc1ccc(C)cc1.CC(C)=Cc1ccc2c(c1)OCO2.CC(C)=Cc1cn(-c2ccccc2)nc1-c1ccc(S(=O)(=O)N2CCOCC2)cc1.CC(C)=Cc1cn(-c2ccccc2)nc1-c1cccs1.CC(C)=NNc1ccc(Br)cc1. The second-order valence-electron chi connectivity index (χ2n) is 29.3. The van der Waals surface area contributed by atoms with E-state index in [1.807, 2.05) is 197 Å². The minimum absolute atomic E-state index is 0.282. The Kier molecular flexibility index (Phi) is 33.8. The number of para-hydroxylation sites is 2. The highest BCUT2D eigenvalue weighted by Gasteiger charge is 2.27. The number of nitrogens with one attached hydrogen (secondary N) is 1. The van der Waals surface area contributed by atoms with E-state index >= 15 is 0 Å². The predicted octanol–water partition coefficient (Wildman–Crippen LogP) is 26.7. The zero-order valence-electron chi connectivity index (χ0n) is 69.2. The van der Waals surface area contributed by atoms with Crippen LogP contribution in [0.3, 0.4) is 0 Å². The topological polar surface area (TPSA) is 157 Å². The number of nitrogens with zero attached hydrogens (tertiary/aromatic N) is 6. The van der Waals surface area contributed by atoms with Crippen molar-refractivity contribution in [3.63, 3.8) is 0 Å². The van der Waals surface area contributed by atoms with Crippen molar-refractivity contribution in [2.75, 3.05) is 45.3 Å². The highest BCUT2D eigenvalue weighted by atomic mass is 79.9. The summed E-state index contributed by atoms with van der Waals surface area (Å²) in [5, 5.41) is 16.4. The second kappa shape index (κ2) is 44.1. The maximum atomic E-state index is 12.9. The molecule has 4 aromatic heterocycles. The maximum Gasteiger partial charge on any atom is 0.243 e. The van der Waals surface area contributed by atoms with Gasteiger partial charge >= 0.3 is 0 Å². The summed E-state index contributed by atoms with van der Waals surface area (Å²) in [5.74, 6) is 5.01. The Hall–Kier alpha value is -11.1. The Balaban J connectivity index is 0.000000159. The highest BCUT2D eigenvalue weighted by molar-refractivity contribution is 9.10. The predicted molar refractivity (Wildman–Crippen MR) is 488 cm³/mol. The maximum absolute atomic E-state index is 12.9. The van der Waals surface area contributed by atoms with Crippen LogP contribution in [0.2, 0.25) is 5.02 Å². The minimum Gasteiger partial charge on any atom is -0.457 e. The van der Waals surface area contributed by atoms with E-state index in [2.05, 4.69) is 198 Å². The van der Waals surface area contributed by atoms with Gasteiger partial charge in [-0.1, -0.05) is 206 Å². The second-order valence-corrected chi connectivity index (χ2v) is 33.5. The van der Waals surface area contributed by atoms with Crippen LogP contribution in [0.15, 0.2) is 282 Å². The first-order chi connectivity index (χ1) is 55.6. The van der Waals surface area contributed by atoms with Crippen molar-refractivity contribution >= 4 is 96.7 Å². The van der Waals surface area contributed by atoms with Crippen LogP contribution in [-0.4, -0.2) is 77.9 Å². The van der Waals surface area contributed by atoms with Crippen molar-refractivity contribution in [1.29, 1.82) is 0 Å². The number of fused-ring (bicyclic) bond motifs is 2.